The fourth-order valence-electron chi connectivity index (χ4n) is 2.78. The molecule has 0 aliphatic carbocycles. The molecule has 1 fully saturated rings. The Morgan fingerprint density at radius 2 is 1.67 bits per heavy atom. The van der Waals surface area contributed by atoms with Crippen LogP contribution in [-0.4, -0.2) is 16.8 Å². The van der Waals surface area contributed by atoms with Crippen molar-refractivity contribution in [2.24, 2.45) is 0 Å². The Morgan fingerprint density at radius 1 is 0.917 bits per heavy atom. The van der Waals surface area contributed by atoms with Gasteiger partial charge in [0.2, 0.25) is 17.7 Å². The number of fused-ring (bicyclic) bond motifs is 1. The summed E-state index contributed by atoms with van der Waals surface area (Å²) in [5.41, 5.74) is 1.04. The van der Waals surface area contributed by atoms with Crippen molar-refractivity contribution in [3.05, 3.63) is 59.0 Å². The van der Waals surface area contributed by atoms with Crippen molar-refractivity contribution in [1.82, 2.24) is 4.98 Å². The molecule has 118 valence electrons. The zero-order valence-electron chi connectivity index (χ0n) is 12.6. The van der Waals surface area contributed by atoms with Gasteiger partial charge in [-0.05, 0) is 30.3 Å². The third kappa shape index (κ3) is 2.28. The number of nitrogens with zero attached hydrogens (tertiary/aromatic N) is 2. The van der Waals surface area contributed by atoms with Crippen LogP contribution in [0.3, 0.4) is 0 Å². The predicted molar refractivity (Wildman–Crippen MR) is 87.4 cm³/mol. The number of rotatable bonds is 2. The Kier molecular flexibility index (Phi) is 3.23. The number of hydrogen-bond donors (Lipinski definition) is 0. The van der Waals surface area contributed by atoms with Crippen molar-refractivity contribution >= 4 is 28.4 Å². The summed E-state index contributed by atoms with van der Waals surface area (Å²) in [6.07, 6.45) is 0.429. The van der Waals surface area contributed by atoms with Crippen molar-refractivity contribution in [2.45, 2.75) is 12.8 Å². The van der Waals surface area contributed by atoms with Gasteiger partial charge in [0, 0.05) is 18.4 Å². The van der Waals surface area contributed by atoms with E-state index in [2.05, 4.69) is 4.98 Å². The zero-order chi connectivity index (χ0) is 16.7. The Balaban J connectivity index is 1.83. The molecule has 4 rings (SSSR count). The van der Waals surface area contributed by atoms with E-state index in [0.29, 0.717) is 22.2 Å². The SMILES string of the molecule is O=C1CCC(=O)N1c1cccc(-c2nc3ccccc3c(=O)o2)c1. The van der Waals surface area contributed by atoms with Gasteiger partial charge in [0.05, 0.1) is 16.6 Å². The maximum absolute atomic E-state index is 12.1. The van der Waals surface area contributed by atoms with Crippen LogP contribution in [0.25, 0.3) is 22.4 Å². The molecule has 1 aromatic heterocycles. The quantitative estimate of drug-likeness (QED) is 0.678. The Hall–Kier alpha value is -3.28. The first-order chi connectivity index (χ1) is 11.6. The molecule has 2 amide bonds. The lowest BCUT2D eigenvalue weighted by atomic mass is 10.1. The minimum absolute atomic E-state index is 0.152. The number of hydrogen-bond acceptors (Lipinski definition) is 5. The first-order valence-corrected chi connectivity index (χ1v) is 7.49. The van der Waals surface area contributed by atoms with Crippen LogP contribution in [-0.2, 0) is 9.59 Å². The van der Waals surface area contributed by atoms with Crippen LogP contribution in [0.4, 0.5) is 5.69 Å². The summed E-state index contributed by atoms with van der Waals surface area (Å²) in [5, 5.41) is 0.405. The van der Waals surface area contributed by atoms with Crippen LogP contribution in [0.15, 0.2) is 57.7 Å². The van der Waals surface area contributed by atoms with Gasteiger partial charge in [0.25, 0.3) is 0 Å². The van der Waals surface area contributed by atoms with E-state index in [9.17, 15) is 14.4 Å². The summed E-state index contributed by atoms with van der Waals surface area (Å²) in [7, 11) is 0. The molecule has 2 heterocycles. The minimum atomic E-state index is -0.477. The number of para-hydroxylation sites is 1. The van der Waals surface area contributed by atoms with Gasteiger partial charge in [0.1, 0.15) is 0 Å². The lowest BCUT2D eigenvalue weighted by Gasteiger charge is -2.14. The van der Waals surface area contributed by atoms with E-state index in [1.165, 1.54) is 0 Å². The summed E-state index contributed by atoms with van der Waals surface area (Å²) in [5.74, 6) is -0.310. The van der Waals surface area contributed by atoms with Gasteiger partial charge in [0.15, 0.2) is 0 Å². The number of carbonyl (C=O) groups excluding carboxylic acids is 2. The number of imide groups is 1. The number of amides is 2. The first kappa shape index (κ1) is 14.3. The minimum Gasteiger partial charge on any atom is -0.403 e. The fraction of sp³-hybridized carbons (Fsp3) is 0.111. The average Bonchev–Trinajstić information content (AvgIpc) is 2.93. The Labute approximate surface area is 136 Å². The zero-order valence-corrected chi connectivity index (χ0v) is 12.6. The molecule has 1 aliphatic rings. The van der Waals surface area contributed by atoms with Crippen LogP contribution >= 0.6 is 0 Å². The average molecular weight is 320 g/mol. The van der Waals surface area contributed by atoms with E-state index in [4.69, 9.17) is 4.42 Å². The molecule has 6 nitrogen and oxygen atoms in total. The van der Waals surface area contributed by atoms with E-state index in [1.54, 1.807) is 48.5 Å². The third-order valence-electron chi connectivity index (χ3n) is 3.94. The van der Waals surface area contributed by atoms with E-state index < -0.39 is 5.63 Å². The van der Waals surface area contributed by atoms with Gasteiger partial charge < -0.3 is 4.42 Å². The van der Waals surface area contributed by atoms with E-state index in [1.807, 2.05) is 0 Å². The highest BCUT2D eigenvalue weighted by atomic mass is 16.4. The number of anilines is 1. The standard InChI is InChI=1S/C18H12N2O4/c21-15-8-9-16(22)20(15)12-5-3-4-11(10-12)17-19-14-7-2-1-6-13(14)18(23)24-17/h1-7,10H,8-9H2. The Morgan fingerprint density at radius 3 is 2.46 bits per heavy atom. The Bertz CT molecular complexity index is 1020. The van der Waals surface area contributed by atoms with E-state index in [-0.39, 0.29) is 30.5 Å². The number of aromatic nitrogens is 1. The largest absolute Gasteiger partial charge is 0.403 e. The van der Waals surface area contributed by atoms with Crippen LogP contribution < -0.4 is 10.5 Å². The smallest absolute Gasteiger partial charge is 0.347 e. The molecular weight excluding hydrogens is 308 g/mol. The molecule has 1 aliphatic heterocycles. The predicted octanol–water partition coefficient (Wildman–Crippen LogP) is 2.51. The van der Waals surface area contributed by atoms with Crippen molar-refractivity contribution in [2.75, 3.05) is 4.90 Å². The normalized spacial score (nSPS) is 14.6. The van der Waals surface area contributed by atoms with Gasteiger partial charge in [-0.1, -0.05) is 18.2 Å². The molecule has 2 aromatic carbocycles. The van der Waals surface area contributed by atoms with Gasteiger partial charge in [-0.2, -0.15) is 0 Å². The highest BCUT2D eigenvalue weighted by Gasteiger charge is 2.30. The summed E-state index contributed by atoms with van der Waals surface area (Å²) in [4.78, 5) is 41.4. The van der Waals surface area contributed by atoms with Crippen molar-refractivity contribution < 1.29 is 14.0 Å². The highest BCUT2D eigenvalue weighted by molar-refractivity contribution is 6.19. The van der Waals surface area contributed by atoms with E-state index in [0.717, 1.165) is 4.90 Å². The second kappa shape index (κ2) is 5.42. The molecule has 0 spiro atoms. The maximum atomic E-state index is 12.1. The molecule has 0 N–H and O–H groups in total. The summed E-state index contributed by atoms with van der Waals surface area (Å²) in [6, 6.07) is 13.6. The molecule has 1 saturated heterocycles. The number of benzene rings is 2. The van der Waals surface area contributed by atoms with Gasteiger partial charge >= 0.3 is 5.63 Å². The van der Waals surface area contributed by atoms with Crippen LogP contribution in [0.1, 0.15) is 12.8 Å². The first-order valence-electron chi connectivity index (χ1n) is 7.49. The van der Waals surface area contributed by atoms with Crippen LogP contribution in [0, 0.1) is 0 Å². The third-order valence-corrected chi connectivity index (χ3v) is 3.94. The second-order valence-electron chi connectivity index (χ2n) is 5.50. The van der Waals surface area contributed by atoms with Crippen molar-refractivity contribution in [1.29, 1.82) is 0 Å². The summed E-state index contributed by atoms with van der Waals surface area (Å²) in [6.45, 7) is 0. The molecular formula is C18H12N2O4. The topological polar surface area (TPSA) is 80.5 Å². The second-order valence-corrected chi connectivity index (χ2v) is 5.50. The van der Waals surface area contributed by atoms with Crippen LogP contribution in [0.2, 0.25) is 0 Å². The lowest BCUT2D eigenvalue weighted by Crippen LogP contribution is -2.28. The molecule has 0 unspecified atom stereocenters. The fourth-order valence-corrected chi connectivity index (χ4v) is 2.78. The maximum Gasteiger partial charge on any atom is 0.347 e. The monoisotopic (exact) mass is 320 g/mol. The molecule has 0 atom stereocenters. The molecule has 6 heteroatoms. The molecule has 24 heavy (non-hydrogen) atoms. The van der Waals surface area contributed by atoms with E-state index >= 15 is 0 Å². The van der Waals surface area contributed by atoms with Crippen molar-refractivity contribution in [3.8, 4) is 11.5 Å². The highest BCUT2D eigenvalue weighted by Crippen LogP contribution is 2.27. The molecule has 0 bridgehead atoms. The van der Waals surface area contributed by atoms with Gasteiger partial charge in [-0.25, -0.2) is 9.78 Å². The summed E-state index contributed by atoms with van der Waals surface area (Å²) < 4.78 is 5.29. The van der Waals surface area contributed by atoms with Crippen molar-refractivity contribution in [3.63, 3.8) is 0 Å². The van der Waals surface area contributed by atoms with Crippen LogP contribution in [0.5, 0.6) is 0 Å². The number of carbonyl (C=O) groups is 2. The molecule has 0 saturated carbocycles. The lowest BCUT2D eigenvalue weighted by molar-refractivity contribution is -0.121. The molecule has 3 aromatic rings. The van der Waals surface area contributed by atoms with Gasteiger partial charge in [-0.3, -0.25) is 14.5 Å². The summed E-state index contributed by atoms with van der Waals surface area (Å²) >= 11 is 0. The van der Waals surface area contributed by atoms with Gasteiger partial charge in [-0.15, -0.1) is 0 Å². The molecule has 0 radical (unpaired) electrons.